The topological polar surface area (TPSA) is 73.9 Å². The first-order valence-corrected chi connectivity index (χ1v) is 11.6. The molecular formula is C27H28ClNO5. The van der Waals surface area contributed by atoms with E-state index in [-0.39, 0.29) is 18.3 Å². The number of ketones is 1. The molecule has 0 saturated heterocycles. The van der Waals surface area contributed by atoms with Crippen molar-refractivity contribution in [2.45, 2.75) is 31.6 Å². The molecule has 2 aliphatic rings. The fourth-order valence-electron chi connectivity index (χ4n) is 4.79. The largest absolute Gasteiger partial charge is 0.496 e. The van der Waals surface area contributed by atoms with E-state index in [1.54, 1.807) is 14.2 Å². The molecule has 178 valence electrons. The number of esters is 1. The van der Waals surface area contributed by atoms with Gasteiger partial charge in [-0.3, -0.25) is 4.79 Å². The molecule has 2 aromatic carbocycles. The predicted octanol–water partition coefficient (Wildman–Crippen LogP) is 4.90. The van der Waals surface area contributed by atoms with E-state index in [0.717, 1.165) is 16.8 Å². The summed E-state index contributed by atoms with van der Waals surface area (Å²) in [4.78, 5) is 26.8. The minimum Gasteiger partial charge on any atom is -0.496 e. The normalized spacial score (nSPS) is 20.1. The maximum atomic E-state index is 13.6. The molecule has 0 saturated carbocycles. The van der Waals surface area contributed by atoms with Gasteiger partial charge in [0.15, 0.2) is 5.78 Å². The van der Waals surface area contributed by atoms with Crippen LogP contribution in [0.25, 0.3) is 0 Å². The average molecular weight is 482 g/mol. The molecule has 0 aromatic heterocycles. The number of methoxy groups -OCH3 is 2. The van der Waals surface area contributed by atoms with Crippen LogP contribution in [0.5, 0.6) is 5.75 Å². The Morgan fingerprint density at radius 2 is 1.79 bits per heavy atom. The summed E-state index contributed by atoms with van der Waals surface area (Å²) in [6, 6.07) is 15.1. The number of dihydropyridines is 1. The maximum absolute atomic E-state index is 13.6. The highest BCUT2D eigenvalue weighted by atomic mass is 35.5. The minimum atomic E-state index is -0.582. The fraction of sp³-hybridized carbons (Fsp3) is 0.333. The van der Waals surface area contributed by atoms with Crippen LogP contribution in [0.1, 0.15) is 42.7 Å². The Balaban J connectivity index is 1.78. The summed E-state index contributed by atoms with van der Waals surface area (Å²) >= 11 is 6.06. The molecule has 6 nitrogen and oxygen atoms in total. The van der Waals surface area contributed by atoms with Crippen LogP contribution in [0, 0.1) is 0 Å². The summed E-state index contributed by atoms with van der Waals surface area (Å²) in [7, 11) is 3.13. The van der Waals surface area contributed by atoms with Crippen LogP contribution < -0.4 is 10.1 Å². The Bertz CT molecular complexity index is 1150. The second kappa shape index (κ2) is 10.5. The van der Waals surface area contributed by atoms with Crippen LogP contribution in [0.15, 0.2) is 71.1 Å². The predicted molar refractivity (Wildman–Crippen MR) is 130 cm³/mol. The number of hydrogen-bond acceptors (Lipinski definition) is 6. The fourth-order valence-corrected chi connectivity index (χ4v) is 4.92. The van der Waals surface area contributed by atoms with E-state index >= 15 is 0 Å². The Labute approximate surface area is 204 Å². The van der Waals surface area contributed by atoms with Crippen molar-refractivity contribution in [3.63, 3.8) is 0 Å². The average Bonchev–Trinajstić information content (AvgIpc) is 2.83. The quantitative estimate of drug-likeness (QED) is 0.448. The van der Waals surface area contributed by atoms with Gasteiger partial charge < -0.3 is 19.5 Å². The minimum absolute atomic E-state index is 0.000650. The van der Waals surface area contributed by atoms with Crippen molar-refractivity contribution >= 4 is 23.4 Å². The van der Waals surface area contributed by atoms with E-state index < -0.39 is 11.9 Å². The van der Waals surface area contributed by atoms with Gasteiger partial charge >= 0.3 is 5.97 Å². The van der Waals surface area contributed by atoms with Crippen molar-refractivity contribution in [3.8, 4) is 5.75 Å². The lowest BCUT2D eigenvalue weighted by Gasteiger charge is -2.37. The number of carbonyl (C=O) groups is 2. The van der Waals surface area contributed by atoms with Gasteiger partial charge in [-0.2, -0.15) is 0 Å². The molecule has 0 amide bonds. The van der Waals surface area contributed by atoms with Gasteiger partial charge in [-0.25, -0.2) is 4.79 Å². The van der Waals surface area contributed by atoms with E-state index in [1.165, 1.54) is 0 Å². The standard InChI is InChI=1S/C27H28ClNO5/c1-16-24(27(31)34-13-12-32-2)25(20-6-4-5-7-23(20)33-3)26-21(29-16)14-18(15-22(26)30)17-8-10-19(28)11-9-17/h4-11,18,25,29H,12-15H2,1-3H3/t18-,25-/m1/s1. The first-order chi connectivity index (χ1) is 16.4. The van der Waals surface area contributed by atoms with Gasteiger partial charge in [0.1, 0.15) is 12.4 Å². The third kappa shape index (κ3) is 4.74. The molecule has 34 heavy (non-hydrogen) atoms. The van der Waals surface area contributed by atoms with Crippen molar-refractivity contribution in [1.29, 1.82) is 0 Å². The molecule has 1 aliphatic carbocycles. The lowest BCUT2D eigenvalue weighted by molar-refractivity contribution is -0.140. The van der Waals surface area contributed by atoms with E-state index in [9.17, 15) is 9.59 Å². The van der Waals surface area contributed by atoms with Crippen LogP contribution in [0.4, 0.5) is 0 Å². The van der Waals surface area contributed by atoms with Gasteiger partial charge in [-0.05, 0) is 43.0 Å². The number of hydrogen-bond donors (Lipinski definition) is 1. The summed E-state index contributed by atoms with van der Waals surface area (Å²) in [5.41, 5.74) is 4.33. The number of rotatable bonds is 7. The van der Waals surface area contributed by atoms with E-state index in [4.69, 9.17) is 25.8 Å². The molecule has 0 spiro atoms. The van der Waals surface area contributed by atoms with E-state index in [1.807, 2.05) is 55.5 Å². The van der Waals surface area contributed by atoms with Crippen molar-refractivity contribution in [1.82, 2.24) is 5.32 Å². The summed E-state index contributed by atoms with van der Waals surface area (Å²) < 4.78 is 16.1. The van der Waals surface area contributed by atoms with Crippen LogP contribution in [-0.2, 0) is 19.1 Å². The SMILES string of the molecule is COCCOC(=O)C1=C(C)NC2=C(C(=O)C[C@H](c3ccc(Cl)cc3)C2)[C@@H]1c1ccccc1OC. The zero-order valence-corrected chi connectivity index (χ0v) is 20.3. The van der Waals surface area contributed by atoms with Crippen molar-refractivity contribution in [3.05, 3.63) is 87.2 Å². The van der Waals surface area contributed by atoms with Gasteiger partial charge in [-0.15, -0.1) is 0 Å². The van der Waals surface area contributed by atoms with Gasteiger partial charge in [-0.1, -0.05) is 41.9 Å². The number of benzene rings is 2. The second-order valence-electron chi connectivity index (χ2n) is 8.44. The van der Waals surface area contributed by atoms with Crippen LogP contribution in [0.3, 0.4) is 0 Å². The number of para-hydroxylation sites is 1. The molecule has 1 aliphatic heterocycles. The van der Waals surface area contributed by atoms with Gasteiger partial charge in [0.05, 0.1) is 25.2 Å². The zero-order chi connectivity index (χ0) is 24.2. The van der Waals surface area contributed by atoms with Gasteiger partial charge in [0, 0.05) is 41.1 Å². The highest BCUT2D eigenvalue weighted by Crippen LogP contribution is 2.47. The molecule has 0 bridgehead atoms. The zero-order valence-electron chi connectivity index (χ0n) is 19.5. The van der Waals surface area contributed by atoms with E-state index in [2.05, 4.69) is 5.32 Å². The smallest absolute Gasteiger partial charge is 0.336 e. The molecule has 0 unspecified atom stereocenters. The Hall–Kier alpha value is -3.09. The monoisotopic (exact) mass is 481 g/mol. The maximum Gasteiger partial charge on any atom is 0.336 e. The molecule has 1 N–H and O–H groups in total. The van der Waals surface area contributed by atoms with Gasteiger partial charge in [0.25, 0.3) is 0 Å². The number of halogens is 1. The van der Waals surface area contributed by atoms with Crippen molar-refractivity contribution < 1.29 is 23.8 Å². The molecule has 1 heterocycles. The lowest BCUT2D eigenvalue weighted by atomic mass is 9.71. The molecule has 2 atom stereocenters. The van der Waals surface area contributed by atoms with Gasteiger partial charge in [0.2, 0.25) is 0 Å². The number of ether oxygens (including phenoxy) is 3. The first-order valence-electron chi connectivity index (χ1n) is 11.2. The summed E-state index contributed by atoms with van der Waals surface area (Å²) in [5, 5.41) is 4.02. The summed E-state index contributed by atoms with van der Waals surface area (Å²) in [5.74, 6) is -0.418. The molecule has 7 heteroatoms. The Kier molecular flexibility index (Phi) is 7.39. The summed E-state index contributed by atoms with van der Waals surface area (Å²) in [6.45, 7) is 2.26. The highest BCUT2D eigenvalue weighted by molar-refractivity contribution is 6.30. The molecular weight excluding hydrogens is 454 g/mol. The highest BCUT2D eigenvalue weighted by Gasteiger charge is 2.42. The number of nitrogens with one attached hydrogen (secondary N) is 1. The second-order valence-corrected chi connectivity index (χ2v) is 8.88. The Morgan fingerprint density at radius 3 is 2.50 bits per heavy atom. The first kappa shape index (κ1) is 24.0. The molecule has 0 fully saturated rings. The van der Waals surface area contributed by atoms with Crippen LogP contribution >= 0.6 is 11.6 Å². The third-order valence-electron chi connectivity index (χ3n) is 6.36. The van der Waals surface area contributed by atoms with Crippen LogP contribution in [-0.4, -0.2) is 39.2 Å². The lowest BCUT2D eigenvalue weighted by Crippen LogP contribution is -2.36. The van der Waals surface area contributed by atoms with Crippen LogP contribution in [0.2, 0.25) is 5.02 Å². The Morgan fingerprint density at radius 1 is 1.06 bits per heavy atom. The molecule has 0 radical (unpaired) electrons. The number of Topliss-reactive ketones (excluding diaryl/α,β-unsaturated/α-hetero) is 1. The molecule has 2 aromatic rings. The number of allylic oxidation sites excluding steroid dienone is 3. The third-order valence-corrected chi connectivity index (χ3v) is 6.61. The van der Waals surface area contributed by atoms with Crippen molar-refractivity contribution in [2.24, 2.45) is 0 Å². The number of carbonyl (C=O) groups excluding carboxylic acids is 2. The van der Waals surface area contributed by atoms with E-state index in [0.29, 0.717) is 47.1 Å². The van der Waals surface area contributed by atoms with Crippen molar-refractivity contribution in [2.75, 3.05) is 27.4 Å². The summed E-state index contributed by atoms with van der Waals surface area (Å²) in [6.07, 6.45) is 0.997. The molecule has 4 rings (SSSR count).